The van der Waals surface area contributed by atoms with E-state index in [1.807, 2.05) is 18.2 Å². The Morgan fingerprint density at radius 3 is 2.70 bits per heavy atom. The highest BCUT2D eigenvalue weighted by atomic mass is 16.3. The number of para-hydroxylation sites is 2. The maximum absolute atomic E-state index is 12.0. The number of nitrogens with zero attached hydrogens (tertiary/aromatic N) is 1. The highest BCUT2D eigenvalue weighted by Gasteiger charge is 2.09. The average Bonchev–Trinajstić information content (AvgIpc) is 2.41. The summed E-state index contributed by atoms with van der Waals surface area (Å²) in [6.07, 6.45) is 0. The Bertz CT molecular complexity index is 614. The van der Waals surface area contributed by atoms with Gasteiger partial charge in [0.25, 0.3) is 0 Å². The Hall–Kier alpha value is -2.69. The summed E-state index contributed by atoms with van der Waals surface area (Å²) in [5.41, 5.74) is 7.66. The van der Waals surface area contributed by atoms with Gasteiger partial charge in [0.1, 0.15) is 5.75 Å². The van der Waals surface area contributed by atoms with E-state index in [2.05, 4.69) is 5.32 Å². The summed E-state index contributed by atoms with van der Waals surface area (Å²) in [5.74, 6) is -0.00388. The highest BCUT2D eigenvalue weighted by molar-refractivity contribution is 5.96. The number of amides is 1. The second-order valence-electron chi connectivity index (χ2n) is 4.51. The topological polar surface area (TPSA) is 78.6 Å². The molecular formula is C15H17N3O2. The Kier molecular flexibility index (Phi) is 4.10. The smallest absolute Gasteiger partial charge is 0.243 e. The lowest BCUT2D eigenvalue weighted by atomic mass is 10.2. The number of hydrogen-bond donors (Lipinski definition) is 3. The van der Waals surface area contributed by atoms with E-state index in [1.165, 1.54) is 0 Å². The first-order valence-corrected chi connectivity index (χ1v) is 6.21. The van der Waals surface area contributed by atoms with Gasteiger partial charge in [-0.25, -0.2) is 0 Å². The molecule has 0 saturated heterocycles. The molecule has 20 heavy (non-hydrogen) atoms. The molecule has 5 heteroatoms. The van der Waals surface area contributed by atoms with Gasteiger partial charge in [-0.1, -0.05) is 18.2 Å². The molecule has 0 atom stereocenters. The third-order valence-electron chi connectivity index (χ3n) is 2.89. The van der Waals surface area contributed by atoms with Gasteiger partial charge in [-0.2, -0.15) is 0 Å². The molecule has 5 nitrogen and oxygen atoms in total. The molecule has 0 aliphatic carbocycles. The van der Waals surface area contributed by atoms with E-state index >= 15 is 0 Å². The van der Waals surface area contributed by atoms with E-state index < -0.39 is 0 Å². The van der Waals surface area contributed by atoms with Crippen LogP contribution in [0, 0.1) is 0 Å². The summed E-state index contributed by atoms with van der Waals surface area (Å²) in [7, 11) is 1.78. The number of aromatic hydroxyl groups is 1. The van der Waals surface area contributed by atoms with E-state index in [0.717, 1.165) is 5.69 Å². The van der Waals surface area contributed by atoms with Crippen molar-refractivity contribution in [2.75, 3.05) is 29.5 Å². The molecular weight excluding hydrogens is 254 g/mol. The number of likely N-dealkylation sites (N-methyl/N-ethyl adjacent to an activating group) is 1. The SMILES string of the molecule is CN(CC(=O)Nc1ccccc1N)c1cccc(O)c1. The molecule has 0 unspecified atom stereocenters. The molecule has 4 N–H and O–H groups in total. The minimum absolute atomic E-state index is 0.164. The molecule has 0 heterocycles. The van der Waals surface area contributed by atoms with Crippen LogP contribution in [0.15, 0.2) is 48.5 Å². The summed E-state index contributed by atoms with van der Waals surface area (Å²) in [6, 6.07) is 13.8. The number of nitrogen functional groups attached to an aromatic ring is 1. The van der Waals surface area contributed by atoms with Crippen molar-refractivity contribution in [3.63, 3.8) is 0 Å². The molecule has 0 aliphatic heterocycles. The largest absolute Gasteiger partial charge is 0.508 e. The number of hydrogen-bond acceptors (Lipinski definition) is 4. The molecule has 2 aromatic carbocycles. The lowest BCUT2D eigenvalue weighted by molar-refractivity contribution is -0.114. The predicted molar refractivity (Wildman–Crippen MR) is 80.9 cm³/mol. The zero-order valence-corrected chi connectivity index (χ0v) is 11.2. The molecule has 0 spiro atoms. The van der Waals surface area contributed by atoms with Crippen LogP contribution in [0.5, 0.6) is 5.75 Å². The molecule has 1 amide bonds. The molecule has 104 valence electrons. The summed E-state index contributed by atoms with van der Waals surface area (Å²) in [6.45, 7) is 0.164. The standard InChI is InChI=1S/C15H17N3O2/c1-18(11-5-4-6-12(19)9-11)10-15(20)17-14-8-3-2-7-13(14)16/h2-9,19H,10,16H2,1H3,(H,17,20). The normalized spacial score (nSPS) is 10.1. The van der Waals surface area contributed by atoms with Crippen molar-refractivity contribution >= 4 is 23.0 Å². The molecule has 0 radical (unpaired) electrons. The first-order valence-electron chi connectivity index (χ1n) is 6.21. The number of carbonyl (C=O) groups is 1. The molecule has 0 fully saturated rings. The van der Waals surface area contributed by atoms with Gasteiger partial charge in [0, 0.05) is 18.8 Å². The van der Waals surface area contributed by atoms with Crippen molar-refractivity contribution in [1.82, 2.24) is 0 Å². The fourth-order valence-corrected chi connectivity index (χ4v) is 1.84. The second-order valence-corrected chi connectivity index (χ2v) is 4.51. The van der Waals surface area contributed by atoms with Gasteiger partial charge in [-0.05, 0) is 24.3 Å². The van der Waals surface area contributed by atoms with Crippen molar-refractivity contribution in [3.05, 3.63) is 48.5 Å². The second kappa shape index (κ2) is 5.97. The van der Waals surface area contributed by atoms with E-state index in [0.29, 0.717) is 11.4 Å². The highest BCUT2D eigenvalue weighted by Crippen LogP contribution is 2.19. The first kappa shape index (κ1) is 13.7. The number of phenols is 1. The maximum Gasteiger partial charge on any atom is 0.243 e. The minimum Gasteiger partial charge on any atom is -0.508 e. The Balaban J connectivity index is 2.00. The Labute approximate surface area is 117 Å². The van der Waals surface area contributed by atoms with Crippen LogP contribution >= 0.6 is 0 Å². The first-order chi connectivity index (χ1) is 9.56. The van der Waals surface area contributed by atoms with Gasteiger partial charge in [-0.15, -0.1) is 0 Å². The average molecular weight is 271 g/mol. The van der Waals surface area contributed by atoms with Crippen molar-refractivity contribution in [2.24, 2.45) is 0 Å². The number of carbonyl (C=O) groups excluding carboxylic acids is 1. The molecule has 0 aromatic heterocycles. The summed E-state index contributed by atoms with van der Waals surface area (Å²) < 4.78 is 0. The van der Waals surface area contributed by atoms with Crippen LogP contribution in [0.25, 0.3) is 0 Å². The van der Waals surface area contributed by atoms with Crippen LogP contribution in [0.1, 0.15) is 0 Å². The van der Waals surface area contributed by atoms with Crippen molar-refractivity contribution in [2.45, 2.75) is 0 Å². The monoisotopic (exact) mass is 271 g/mol. The molecule has 0 bridgehead atoms. The predicted octanol–water partition coefficient (Wildman–Crippen LogP) is 2.05. The Morgan fingerprint density at radius 1 is 1.25 bits per heavy atom. The van der Waals surface area contributed by atoms with E-state index in [4.69, 9.17) is 5.73 Å². The van der Waals surface area contributed by atoms with Crippen LogP contribution in [-0.4, -0.2) is 24.6 Å². The van der Waals surface area contributed by atoms with Crippen molar-refractivity contribution in [3.8, 4) is 5.75 Å². The van der Waals surface area contributed by atoms with Gasteiger partial charge < -0.3 is 21.1 Å². The van der Waals surface area contributed by atoms with Crippen molar-refractivity contribution < 1.29 is 9.90 Å². The van der Waals surface area contributed by atoms with E-state index in [-0.39, 0.29) is 18.2 Å². The molecule has 0 saturated carbocycles. The summed E-state index contributed by atoms with van der Waals surface area (Å²) in [4.78, 5) is 13.7. The van der Waals surface area contributed by atoms with Gasteiger partial charge in [0.2, 0.25) is 5.91 Å². The third-order valence-corrected chi connectivity index (χ3v) is 2.89. The maximum atomic E-state index is 12.0. The van der Waals surface area contributed by atoms with Gasteiger partial charge >= 0.3 is 0 Å². The fraction of sp³-hybridized carbons (Fsp3) is 0.133. The van der Waals surface area contributed by atoms with Crippen molar-refractivity contribution in [1.29, 1.82) is 0 Å². The number of anilines is 3. The lowest BCUT2D eigenvalue weighted by Crippen LogP contribution is -2.30. The summed E-state index contributed by atoms with van der Waals surface area (Å²) >= 11 is 0. The molecule has 0 aliphatic rings. The number of nitrogens with two attached hydrogens (primary N) is 1. The third kappa shape index (κ3) is 3.41. The molecule has 2 aromatic rings. The lowest BCUT2D eigenvalue weighted by Gasteiger charge is -2.19. The quantitative estimate of drug-likeness (QED) is 0.744. The fourth-order valence-electron chi connectivity index (χ4n) is 1.84. The summed E-state index contributed by atoms with van der Waals surface area (Å²) in [5, 5.41) is 12.2. The van der Waals surface area contributed by atoms with Crippen LogP contribution in [-0.2, 0) is 4.79 Å². The van der Waals surface area contributed by atoms with Crippen LogP contribution in [0.4, 0.5) is 17.1 Å². The van der Waals surface area contributed by atoms with Crippen LogP contribution in [0.2, 0.25) is 0 Å². The van der Waals surface area contributed by atoms with Gasteiger partial charge in [0.15, 0.2) is 0 Å². The van der Waals surface area contributed by atoms with Gasteiger partial charge in [-0.3, -0.25) is 4.79 Å². The Morgan fingerprint density at radius 2 is 2.00 bits per heavy atom. The van der Waals surface area contributed by atoms with Crippen LogP contribution in [0.3, 0.4) is 0 Å². The number of phenolic OH excluding ortho intramolecular Hbond substituents is 1. The van der Waals surface area contributed by atoms with E-state index in [9.17, 15) is 9.90 Å². The zero-order chi connectivity index (χ0) is 14.5. The van der Waals surface area contributed by atoms with E-state index in [1.54, 1.807) is 42.3 Å². The van der Waals surface area contributed by atoms with Crippen LogP contribution < -0.4 is 16.0 Å². The number of rotatable bonds is 4. The minimum atomic E-state index is -0.172. The number of benzene rings is 2. The zero-order valence-electron chi connectivity index (χ0n) is 11.2. The molecule has 2 rings (SSSR count). The van der Waals surface area contributed by atoms with Gasteiger partial charge in [0.05, 0.1) is 17.9 Å². The number of nitrogens with one attached hydrogen (secondary N) is 1.